The van der Waals surface area contributed by atoms with Crippen molar-refractivity contribution in [1.82, 2.24) is 5.32 Å². The first-order valence-electron chi connectivity index (χ1n) is 8.51. The van der Waals surface area contributed by atoms with Crippen LogP contribution >= 0.6 is 0 Å². The number of nitrogens with two attached hydrogens (primary N) is 1. The van der Waals surface area contributed by atoms with Crippen molar-refractivity contribution in [1.29, 1.82) is 0 Å². The van der Waals surface area contributed by atoms with Gasteiger partial charge in [0.15, 0.2) is 0 Å². The molecule has 2 rings (SSSR count). The van der Waals surface area contributed by atoms with E-state index in [1.54, 1.807) is 6.92 Å². The third-order valence-electron chi connectivity index (χ3n) is 4.32. The Hall–Kier alpha value is -2.08. The number of imide groups is 1. The fourth-order valence-corrected chi connectivity index (χ4v) is 3.04. The first-order chi connectivity index (χ1) is 11.4. The van der Waals surface area contributed by atoms with Crippen molar-refractivity contribution in [3.05, 3.63) is 29.8 Å². The van der Waals surface area contributed by atoms with Crippen LogP contribution in [0.5, 0.6) is 0 Å². The van der Waals surface area contributed by atoms with Crippen molar-refractivity contribution < 1.29 is 14.3 Å². The lowest BCUT2D eigenvalue weighted by molar-refractivity contribution is -0.120. The second-order valence-electron chi connectivity index (χ2n) is 6.62. The van der Waals surface area contributed by atoms with Gasteiger partial charge in [0.2, 0.25) is 5.91 Å². The second kappa shape index (κ2) is 8.68. The SMILES string of the molecule is C[C@@H]1CCC[C@H](OCc2cccc(N[C@H](C)C(=O)NC(N)=O)c2)C1. The molecule has 0 bridgehead atoms. The molecule has 0 unspecified atom stereocenters. The summed E-state index contributed by atoms with van der Waals surface area (Å²) in [6.45, 7) is 4.51. The molecule has 3 atom stereocenters. The number of carbonyl (C=O) groups is 2. The highest BCUT2D eigenvalue weighted by Gasteiger charge is 2.19. The molecule has 1 fully saturated rings. The van der Waals surface area contributed by atoms with Crippen LogP contribution in [-0.2, 0) is 16.1 Å². The molecule has 0 spiro atoms. The van der Waals surface area contributed by atoms with Gasteiger partial charge in [-0.25, -0.2) is 4.79 Å². The summed E-state index contributed by atoms with van der Waals surface area (Å²) in [5.74, 6) is 0.279. The van der Waals surface area contributed by atoms with Crippen LogP contribution in [0.1, 0.15) is 45.1 Å². The topological polar surface area (TPSA) is 93.4 Å². The third-order valence-corrected chi connectivity index (χ3v) is 4.32. The molecule has 4 N–H and O–H groups in total. The zero-order valence-electron chi connectivity index (χ0n) is 14.4. The first kappa shape index (κ1) is 18.3. The molecule has 0 radical (unpaired) electrons. The molecule has 0 heterocycles. The van der Waals surface area contributed by atoms with Crippen molar-refractivity contribution in [2.75, 3.05) is 5.32 Å². The summed E-state index contributed by atoms with van der Waals surface area (Å²) in [6.07, 6.45) is 5.13. The van der Waals surface area contributed by atoms with E-state index < -0.39 is 18.0 Å². The molecule has 1 aliphatic carbocycles. The largest absolute Gasteiger partial charge is 0.374 e. The zero-order valence-corrected chi connectivity index (χ0v) is 14.4. The summed E-state index contributed by atoms with van der Waals surface area (Å²) in [6, 6.07) is 6.35. The van der Waals surface area contributed by atoms with Crippen LogP contribution in [-0.4, -0.2) is 24.1 Å². The van der Waals surface area contributed by atoms with E-state index in [1.807, 2.05) is 24.3 Å². The molecule has 0 aromatic heterocycles. The maximum absolute atomic E-state index is 11.7. The van der Waals surface area contributed by atoms with Crippen LogP contribution in [0.3, 0.4) is 0 Å². The Labute approximate surface area is 143 Å². The van der Waals surface area contributed by atoms with E-state index in [4.69, 9.17) is 10.5 Å². The maximum Gasteiger partial charge on any atom is 0.318 e. The number of rotatable bonds is 6. The van der Waals surface area contributed by atoms with Gasteiger partial charge < -0.3 is 15.8 Å². The fraction of sp³-hybridized carbons (Fsp3) is 0.556. The molecule has 1 aromatic rings. The van der Waals surface area contributed by atoms with Gasteiger partial charge in [0.05, 0.1) is 12.7 Å². The minimum Gasteiger partial charge on any atom is -0.374 e. The van der Waals surface area contributed by atoms with E-state index >= 15 is 0 Å². The average molecular weight is 333 g/mol. The van der Waals surface area contributed by atoms with Crippen LogP contribution in [0.25, 0.3) is 0 Å². The number of hydrogen-bond donors (Lipinski definition) is 3. The second-order valence-corrected chi connectivity index (χ2v) is 6.62. The Bertz CT molecular complexity index is 576. The summed E-state index contributed by atoms with van der Waals surface area (Å²) in [7, 11) is 0. The molecule has 1 aliphatic rings. The lowest BCUT2D eigenvalue weighted by atomic mass is 9.89. The number of nitrogens with one attached hydrogen (secondary N) is 2. The van der Waals surface area contributed by atoms with Crippen molar-refractivity contribution in [3.8, 4) is 0 Å². The van der Waals surface area contributed by atoms with Gasteiger partial charge in [0.25, 0.3) is 0 Å². The summed E-state index contributed by atoms with van der Waals surface area (Å²) in [5.41, 5.74) is 6.82. The molecule has 1 aromatic carbocycles. The quantitative estimate of drug-likeness (QED) is 0.746. The highest BCUT2D eigenvalue weighted by Crippen LogP contribution is 2.26. The molecular formula is C18H27N3O3. The minimum absolute atomic E-state index is 0.339. The number of hydrogen-bond acceptors (Lipinski definition) is 4. The Kier molecular flexibility index (Phi) is 6.61. The number of primary amides is 1. The lowest BCUT2D eigenvalue weighted by Gasteiger charge is -2.26. The van der Waals surface area contributed by atoms with E-state index in [2.05, 4.69) is 17.6 Å². The van der Waals surface area contributed by atoms with Crippen LogP contribution in [0, 0.1) is 5.92 Å². The Morgan fingerprint density at radius 3 is 2.88 bits per heavy atom. The van der Waals surface area contributed by atoms with Crippen LogP contribution < -0.4 is 16.4 Å². The highest BCUT2D eigenvalue weighted by atomic mass is 16.5. The van der Waals surface area contributed by atoms with Gasteiger partial charge in [-0.05, 0) is 43.4 Å². The van der Waals surface area contributed by atoms with Crippen molar-refractivity contribution in [2.24, 2.45) is 11.7 Å². The Balaban J connectivity index is 1.86. The monoisotopic (exact) mass is 333 g/mol. The summed E-state index contributed by atoms with van der Waals surface area (Å²) < 4.78 is 6.03. The van der Waals surface area contributed by atoms with E-state index in [9.17, 15) is 9.59 Å². The minimum atomic E-state index is -0.850. The Morgan fingerprint density at radius 1 is 1.38 bits per heavy atom. The Morgan fingerprint density at radius 2 is 2.17 bits per heavy atom. The molecule has 3 amide bonds. The summed E-state index contributed by atoms with van der Waals surface area (Å²) >= 11 is 0. The van der Waals surface area contributed by atoms with E-state index in [-0.39, 0.29) is 0 Å². The van der Waals surface area contributed by atoms with Crippen LogP contribution in [0.2, 0.25) is 0 Å². The number of urea groups is 1. The van der Waals surface area contributed by atoms with Gasteiger partial charge in [-0.15, -0.1) is 0 Å². The van der Waals surface area contributed by atoms with Crippen molar-refractivity contribution >= 4 is 17.6 Å². The van der Waals surface area contributed by atoms with Gasteiger partial charge in [0, 0.05) is 5.69 Å². The number of benzene rings is 1. The third kappa shape index (κ3) is 5.85. The van der Waals surface area contributed by atoms with Crippen molar-refractivity contribution in [2.45, 2.75) is 58.3 Å². The van der Waals surface area contributed by atoms with Gasteiger partial charge >= 0.3 is 6.03 Å². The molecule has 0 aliphatic heterocycles. The number of carbonyl (C=O) groups excluding carboxylic acids is 2. The highest BCUT2D eigenvalue weighted by molar-refractivity contribution is 5.97. The molecular weight excluding hydrogens is 306 g/mol. The fourth-order valence-electron chi connectivity index (χ4n) is 3.04. The van der Waals surface area contributed by atoms with E-state index in [1.165, 1.54) is 12.8 Å². The normalized spacial score (nSPS) is 21.8. The smallest absolute Gasteiger partial charge is 0.318 e. The summed E-state index contributed by atoms with van der Waals surface area (Å²) in [4.78, 5) is 22.4. The van der Waals surface area contributed by atoms with Gasteiger partial charge in [0.1, 0.15) is 6.04 Å². The molecule has 0 saturated heterocycles. The molecule has 132 valence electrons. The summed E-state index contributed by atoms with van der Waals surface area (Å²) in [5, 5.41) is 5.12. The zero-order chi connectivity index (χ0) is 17.5. The first-order valence-corrected chi connectivity index (χ1v) is 8.51. The van der Waals surface area contributed by atoms with Crippen LogP contribution in [0.15, 0.2) is 24.3 Å². The molecule has 1 saturated carbocycles. The van der Waals surface area contributed by atoms with Gasteiger partial charge in [-0.2, -0.15) is 0 Å². The number of anilines is 1. The lowest BCUT2D eigenvalue weighted by Crippen LogP contribution is -2.43. The van der Waals surface area contributed by atoms with Gasteiger partial charge in [-0.3, -0.25) is 10.1 Å². The van der Waals surface area contributed by atoms with E-state index in [0.29, 0.717) is 12.7 Å². The molecule has 6 heteroatoms. The van der Waals surface area contributed by atoms with E-state index in [0.717, 1.165) is 30.0 Å². The predicted molar refractivity (Wildman–Crippen MR) is 93.5 cm³/mol. The number of ether oxygens (including phenoxy) is 1. The van der Waals surface area contributed by atoms with Crippen molar-refractivity contribution in [3.63, 3.8) is 0 Å². The van der Waals surface area contributed by atoms with Gasteiger partial charge in [-0.1, -0.05) is 31.9 Å². The maximum atomic E-state index is 11.7. The standard InChI is InChI=1S/C18H27N3O3/c1-12-5-3-8-16(9-12)24-11-14-6-4-7-15(10-14)20-13(2)17(22)21-18(19)23/h4,6-7,10,12-13,16,20H,3,5,8-9,11H2,1-2H3,(H3,19,21,22,23)/t12-,13-,16+/m1/s1. The predicted octanol–water partition coefficient (Wildman–Crippen LogP) is 2.78. The average Bonchev–Trinajstić information content (AvgIpc) is 2.53. The number of amides is 3. The van der Waals surface area contributed by atoms with Crippen LogP contribution in [0.4, 0.5) is 10.5 Å². The molecule has 6 nitrogen and oxygen atoms in total. The molecule has 24 heavy (non-hydrogen) atoms.